The number of hydrogen-bond acceptors (Lipinski definition) is 3. The fourth-order valence-corrected chi connectivity index (χ4v) is 3.59. The average Bonchev–Trinajstić information content (AvgIpc) is 3.14. The van der Waals surface area contributed by atoms with E-state index in [0.29, 0.717) is 5.56 Å². The highest BCUT2D eigenvalue weighted by Crippen LogP contribution is 2.24. The van der Waals surface area contributed by atoms with Crippen LogP contribution >= 0.6 is 0 Å². The molecule has 0 bridgehead atoms. The fourth-order valence-electron chi connectivity index (χ4n) is 3.59. The molecule has 0 spiro atoms. The van der Waals surface area contributed by atoms with Crippen molar-refractivity contribution in [3.63, 3.8) is 0 Å². The van der Waals surface area contributed by atoms with E-state index in [1.54, 1.807) is 12.1 Å². The summed E-state index contributed by atoms with van der Waals surface area (Å²) in [5.41, 5.74) is 3.12. The van der Waals surface area contributed by atoms with Gasteiger partial charge < -0.3 is 5.11 Å². The van der Waals surface area contributed by atoms with Crippen LogP contribution in [0.3, 0.4) is 0 Å². The number of aromatic nitrogens is 3. The van der Waals surface area contributed by atoms with Crippen molar-refractivity contribution in [3.05, 3.63) is 71.3 Å². The Bertz CT molecular complexity index is 961. The number of carboxylic acids is 1. The lowest BCUT2D eigenvalue weighted by atomic mass is 9.98. The third kappa shape index (κ3) is 5.56. The summed E-state index contributed by atoms with van der Waals surface area (Å²) in [6, 6.07) is 15.2. The summed E-state index contributed by atoms with van der Waals surface area (Å²) in [4.78, 5) is 16.3. The molecule has 3 rings (SSSR count). The van der Waals surface area contributed by atoms with Crippen LogP contribution in [0, 0.1) is 0 Å². The van der Waals surface area contributed by atoms with E-state index in [1.165, 1.54) is 12.8 Å². The van der Waals surface area contributed by atoms with E-state index < -0.39 is 5.97 Å². The highest BCUT2D eigenvalue weighted by Gasteiger charge is 2.13. The molecule has 2 aromatic carbocycles. The molecule has 5 nitrogen and oxygen atoms in total. The maximum atomic E-state index is 11.5. The predicted molar refractivity (Wildman–Crippen MR) is 120 cm³/mol. The van der Waals surface area contributed by atoms with Gasteiger partial charge in [-0.1, -0.05) is 75.6 Å². The molecule has 0 aliphatic heterocycles. The first-order valence-corrected chi connectivity index (χ1v) is 11.0. The minimum Gasteiger partial charge on any atom is -0.478 e. The van der Waals surface area contributed by atoms with Gasteiger partial charge in [0, 0.05) is 19.4 Å². The van der Waals surface area contributed by atoms with E-state index in [4.69, 9.17) is 10.1 Å². The SMILES string of the molecule is CCCCCn1nc(CCCC)nc1Cc1ccc(-c2ccccc2C(=O)O)cc1. The maximum absolute atomic E-state index is 11.5. The van der Waals surface area contributed by atoms with Crippen molar-refractivity contribution in [3.8, 4) is 11.1 Å². The Balaban J connectivity index is 1.79. The van der Waals surface area contributed by atoms with E-state index >= 15 is 0 Å². The van der Waals surface area contributed by atoms with Gasteiger partial charge in [0.25, 0.3) is 0 Å². The van der Waals surface area contributed by atoms with Crippen molar-refractivity contribution < 1.29 is 9.90 Å². The lowest BCUT2D eigenvalue weighted by molar-refractivity contribution is 0.0697. The Morgan fingerprint density at radius 1 is 0.967 bits per heavy atom. The zero-order valence-corrected chi connectivity index (χ0v) is 18.0. The Kier molecular flexibility index (Phi) is 7.77. The van der Waals surface area contributed by atoms with E-state index in [2.05, 4.69) is 30.7 Å². The van der Waals surface area contributed by atoms with Gasteiger partial charge in [-0.3, -0.25) is 0 Å². The number of nitrogens with zero attached hydrogens (tertiary/aromatic N) is 3. The lowest BCUT2D eigenvalue weighted by Gasteiger charge is -2.08. The molecule has 30 heavy (non-hydrogen) atoms. The molecule has 0 unspecified atom stereocenters. The highest BCUT2D eigenvalue weighted by molar-refractivity contribution is 5.95. The number of rotatable bonds is 11. The van der Waals surface area contributed by atoms with E-state index in [1.807, 2.05) is 24.3 Å². The summed E-state index contributed by atoms with van der Waals surface area (Å²) in [5.74, 6) is 1.04. The number of carbonyl (C=O) groups is 1. The monoisotopic (exact) mass is 405 g/mol. The van der Waals surface area contributed by atoms with Crippen LogP contribution in [0.15, 0.2) is 48.5 Å². The summed E-state index contributed by atoms with van der Waals surface area (Å²) in [7, 11) is 0. The lowest BCUT2D eigenvalue weighted by Crippen LogP contribution is -2.07. The van der Waals surface area contributed by atoms with Gasteiger partial charge in [0.15, 0.2) is 5.82 Å². The second-order valence-electron chi connectivity index (χ2n) is 7.70. The van der Waals surface area contributed by atoms with Crippen LogP contribution in [0.25, 0.3) is 11.1 Å². The molecule has 0 radical (unpaired) electrons. The summed E-state index contributed by atoms with van der Waals surface area (Å²) >= 11 is 0. The van der Waals surface area contributed by atoms with Gasteiger partial charge >= 0.3 is 5.97 Å². The number of benzene rings is 2. The molecule has 0 amide bonds. The van der Waals surface area contributed by atoms with Crippen molar-refractivity contribution in [2.45, 2.75) is 65.3 Å². The normalized spacial score (nSPS) is 11.0. The summed E-state index contributed by atoms with van der Waals surface area (Å²) in [6.45, 7) is 5.30. The smallest absolute Gasteiger partial charge is 0.336 e. The molecular formula is C25H31N3O2. The van der Waals surface area contributed by atoms with Gasteiger partial charge in [-0.15, -0.1) is 0 Å². The topological polar surface area (TPSA) is 68.0 Å². The predicted octanol–water partition coefficient (Wildman–Crippen LogP) is 5.77. The first-order valence-electron chi connectivity index (χ1n) is 11.0. The minimum absolute atomic E-state index is 0.321. The van der Waals surface area contributed by atoms with Crippen LogP contribution in [0.4, 0.5) is 0 Å². The molecule has 0 fully saturated rings. The second-order valence-corrected chi connectivity index (χ2v) is 7.70. The molecule has 1 heterocycles. The largest absolute Gasteiger partial charge is 0.478 e. The molecule has 0 atom stereocenters. The molecule has 1 N–H and O–H groups in total. The Morgan fingerprint density at radius 2 is 1.70 bits per heavy atom. The molecule has 1 aromatic heterocycles. The van der Waals surface area contributed by atoms with Gasteiger partial charge in [0.05, 0.1) is 5.56 Å². The Labute approximate surface area is 178 Å². The summed E-state index contributed by atoms with van der Waals surface area (Å²) in [6.07, 6.45) is 7.40. The molecule has 0 saturated carbocycles. The molecular weight excluding hydrogens is 374 g/mol. The van der Waals surface area contributed by atoms with Crippen molar-refractivity contribution in [1.82, 2.24) is 14.8 Å². The maximum Gasteiger partial charge on any atom is 0.336 e. The molecule has 0 saturated heterocycles. The number of aryl methyl sites for hydroxylation is 2. The average molecular weight is 406 g/mol. The van der Waals surface area contributed by atoms with Crippen molar-refractivity contribution in [2.24, 2.45) is 0 Å². The highest BCUT2D eigenvalue weighted by atomic mass is 16.4. The number of aromatic carboxylic acids is 1. The quantitative estimate of drug-likeness (QED) is 0.411. The van der Waals surface area contributed by atoms with Crippen LogP contribution < -0.4 is 0 Å². The number of unbranched alkanes of at least 4 members (excludes halogenated alkanes) is 3. The van der Waals surface area contributed by atoms with Crippen molar-refractivity contribution in [2.75, 3.05) is 0 Å². The van der Waals surface area contributed by atoms with Gasteiger partial charge in [-0.2, -0.15) is 5.10 Å². The summed E-state index contributed by atoms with van der Waals surface area (Å²) < 4.78 is 2.08. The van der Waals surface area contributed by atoms with Crippen LogP contribution in [-0.4, -0.2) is 25.8 Å². The second kappa shape index (κ2) is 10.7. The standard InChI is InChI=1S/C25H31N3O2/c1-3-5-9-17-28-24(26-23(27-28)12-6-4-2)18-19-13-15-20(16-14-19)21-10-7-8-11-22(21)25(29)30/h7-8,10-11,13-16H,3-6,9,12,17-18H2,1-2H3,(H,29,30). The van der Waals surface area contributed by atoms with Gasteiger partial charge in [-0.05, 0) is 35.6 Å². The van der Waals surface area contributed by atoms with Gasteiger partial charge in [-0.25, -0.2) is 14.5 Å². The number of carboxylic acid groups (broad SMARTS) is 1. The molecule has 158 valence electrons. The first-order chi connectivity index (χ1) is 14.6. The fraction of sp³-hybridized carbons (Fsp3) is 0.400. The zero-order valence-electron chi connectivity index (χ0n) is 18.0. The Morgan fingerprint density at radius 3 is 2.40 bits per heavy atom. The van der Waals surface area contributed by atoms with Crippen molar-refractivity contribution >= 4 is 5.97 Å². The third-order valence-electron chi connectivity index (χ3n) is 5.30. The van der Waals surface area contributed by atoms with E-state index in [-0.39, 0.29) is 0 Å². The van der Waals surface area contributed by atoms with Gasteiger partial charge in [0.1, 0.15) is 5.82 Å². The van der Waals surface area contributed by atoms with Crippen LogP contribution in [0.5, 0.6) is 0 Å². The third-order valence-corrected chi connectivity index (χ3v) is 5.30. The first kappa shape index (κ1) is 21.8. The molecule has 0 aliphatic carbocycles. The molecule has 0 aliphatic rings. The van der Waals surface area contributed by atoms with Crippen LogP contribution in [0.2, 0.25) is 0 Å². The van der Waals surface area contributed by atoms with E-state index in [9.17, 15) is 9.90 Å². The van der Waals surface area contributed by atoms with Gasteiger partial charge in [0.2, 0.25) is 0 Å². The Hall–Kier alpha value is -2.95. The van der Waals surface area contributed by atoms with Crippen molar-refractivity contribution in [1.29, 1.82) is 0 Å². The van der Waals surface area contributed by atoms with Crippen LogP contribution in [0.1, 0.15) is 73.5 Å². The zero-order chi connectivity index (χ0) is 21.3. The minimum atomic E-state index is -0.908. The molecule has 5 heteroatoms. The number of hydrogen-bond donors (Lipinski definition) is 1. The summed E-state index contributed by atoms with van der Waals surface area (Å²) in [5, 5.41) is 14.2. The van der Waals surface area contributed by atoms with E-state index in [0.717, 1.165) is 67.0 Å². The van der Waals surface area contributed by atoms with Crippen LogP contribution in [-0.2, 0) is 19.4 Å². The molecule has 3 aromatic rings.